The van der Waals surface area contributed by atoms with Crippen LogP contribution in [-0.2, 0) is 0 Å². The number of para-hydroxylation sites is 2. The van der Waals surface area contributed by atoms with Gasteiger partial charge in [0.1, 0.15) is 0 Å². The van der Waals surface area contributed by atoms with Crippen LogP contribution >= 0.6 is 11.3 Å². The van der Waals surface area contributed by atoms with Gasteiger partial charge in [-0.15, -0.1) is 4.68 Å². The number of benzene rings is 3. The van der Waals surface area contributed by atoms with Crippen molar-refractivity contribution in [2.24, 2.45) is 0 Å². The average Bonchev–Trinajstić information content (AvgIpc) is 3.08. The van der Waals surface area contributed by atoms with Crippen LogP contribution in [-0.4, -0.2) is 5.10 Å². The van der Waals surface area contributed by atoms with Crippen molar-refractivity contribution in [3.8, 4) is 16.3 Å². The first-order chi connectivity index (χ1) is 11.9. The van der Waals surface area contributed by atoms with Crippen molar-refractivity contribution in [2.45, 2.75) is 0 Å². The van der Waals surface area contributed by atoms with Crippen molar-refractivity contribution in [3.05, 3.63) is 96.3 Å². The molecule has 0 spiro atoms. The lowest BCUT2D eigenvalue weighted by molar-refractivity contribution is -0.642. The maximum atomic E-state index is 4.72. The van der Waals surface area contributed by atoms with Gasteiger partial charge in [0.05, 0.1) is 10.7 Å². The molecule has 0 aliphatic rings. The Morgan fingerprint density at radius 3 is 1.96 bits per heavy atom. The third-order valence-corrected chi connectivity index (χ3v) is 4.53. The molecule has 1 aromatic heterocycles. The van der Waals surface area contributed by atoms with E-state index in [0.717, 1.165) is 27.1 Å². The van der Waals surface area contributed by atoms with E-state index in [1.54, 1.807) is 11.3 Å². The molecular formula is C20H15N3S. The number of nitrogens with zero attached hydrogens (tertiary/aromatic N) is 3. The van der Waals surface area contributed by atoms with Gasteiger partial charge in [-0.25, -0.2) is 0 Å². The summed E-state index contributed by atoms with van der Waals surface area (Å²) in [6.45, 7) is 0. The van der Waals surface area contributed by atoms with E-state index in [4.69, 9.17) is 5.10 Å². The van der Waals surface area contributed by atoms with E-state index in [-0.39, 0.29) is 0 Å². The molecule has 4 aromatic rings. The summed E-state index contributed by atoms with van der Waals surface area (Å²) in [5.41, 5.74) is 3.07. The summed E-state index contributed by atoms with van der Waals surface area (Å²) >= 11 is 1.59. The molecular weight excluding hydrogens is 314 g/mol. The summed E-state index contributed by atoms with van der Waals surface area (Å²) < 4.78 is 1.96. The number of aromatic nitrogens is 2. The first-order valence-corrected chi connectivity index (χ1v) is 8.52. The highest BCUT2D eigenvalue weighted by atomic mass is 32.1. The summed E-state index contributed by atoms with van der Waals surface area (Å²) in [6.07, 6.45) is 0. The van der Waals surface area contributed by atoms with Gasteiger partial charge in [-0.1, -0.05) is 78.1 Å². The second-order valence-corrected chi connectivity index (χ2v) is 6.21. The first-order valence-electron chi connectivity index (χ1n) is 7.71. The van der Waals surface area contributed by atoms with Crippen molar-refractivity contribution >= 4 is 22.2 Å². The van der Waals surface area contributed by atoms with Gasteiger partial charge < -0.3 is 5.32 Å². The van der Waals surface area contributed by atoms with Gasteiger partial charge in [0, 0.05) is 12.1 Å². The Kier molecular flexibility index (Phi) is 4.04. The maximum absolute atomic E-state index is 4.72. The summed E-state index contributed by atoms with van der Waals surface area (Å²) in [7, 11) is 0. The Hall–Kier alpha value is -2.98. The molecule has 4 heteroatoms. The van der Waals surface area contributed by atoms with Gasteiger partial charge >= 0.3 is 0 Å². The van der Waals surface area contributed by atoms with Gasteiger partial charge in [0.2, 0.25) is 5.69 Å². The van der Waals surface area contributed by atoms with Crippen LogP contribution in [0, 0.1) is 0 Å². The monoisotopic (exact) mass is 329 g/mol. The van der Waals surface area contributed by atoms with E-state index in [2.05, 4.69) is 29.6 Å². The molecule has 4 rings (SSSR count). The average molecular weight is 329 g/mol. The van der Waals surface area contributed by atoms with Gasteiger partial charge in [-0.05, 0) is 17.8 Å². The third kappa shape index (κ3) is 3.05. The smallest absolute Gasteiger partial charge is 0.282 e. The van der Waals surface area contributed by atoms with Crippen molar-refractivity contribution in [1.29, 1.82) is 0 Å². The highest BCUT2D eigenvalue weighted by molar-refractivity contribution is 7.18. The molecule has 3 aromatic carbocycles. The SMILES string of the molecule is c1ccc([N-]c2n[n+](-c3ccccc3)c(-c3ccccc3)s2)cc1. The van der Waals surface area contributed by atoms with E-state index in [0.29, 0.717) is 0 Å². The Balaban J connectivity index is 1.79. The molecule has 1 heterocycles. The minimum absolute atomic E-state index is 0.740. The van der Waals surface area contributed by atoms with Gasteiger partial charge in [0.25, 0.3) is 5.01 Å². The molecule has 0 aliphatic heterocycles. The lowest BCUT2D eigenvalue weighted by atomic mass is 10.2. The molecule has 0 radical (unpaired) electrons. The van der Waals surface area contributed by atoms with Crippen LogP contribution in [0.15, 0.2) is 91.0 Å². The van der Waals surface area contributed by atoms with Crippen LogP contribution in [0.3, 0.4) is 0 Å². The number of rotatable bonds is 4. The zero-order chi connectivity index (χ0) is 16.2. The van der Waals surface area contributed by atoms with Gasteiger partial charge in [-0.3, -0.25) is 0 Å². The van der Waals surface area contributed by atoms with E-state index < -0.39 is 0 Å². The number of hydrogen-bond acceptors (Lipinski definition) is 2. The van der Waals surface area contributed by atoms with Crippen LogP contribution in [0.4, 0.5) is 10.8 Å². The van der Waals surface area contributed by atoms with Crippen LogP contribution in [0.5, 0.6) is 0 Å². The molecule has 0 bridgehead atoms. The Bertz CT molecular complexity index is 862. The van der Waals surface area contributed by atoms with E-state index in [1.807, 2.05) is 71.4 Å². The van der Waals surface area contributed by atoms with Crippen molar-refractivity contribution in [2.75, 3.05) is 0 Å². The summed E-state index contributed by atoms with van der Waals surface area (Å²) in [6, 6.07) is 30.4. The molecule has 0 amide bonds. The second kappa shape index (κ2) is 6.64. The number of hydrogen-bond donors (Lipinski definition) is 0. The van der Waals surface area contributed by atoms with E-state index in [1.165, 1.54) is 0 Å². The topological polar surface area (TPSA) is 30.9 Å². The minimum atomic E-state index is 0.740. The Labute approximate surface area is 144 Å². The first kappa shape index (κ1) is 14.6. The quantitative estimate of drug-likeness (QED) is 0.460. The lowest BCUT2D eigenvalue weighted by Gasteiger charge is -2.06. The molecule has 0 aliphatic carbocycles. The van der Waals surface area contributed by atoms with Crippen molar-refractivity contribution in [1.82, 2.24) is 5.10 Å². The highest BCUT2D eigenvalue weighted by Crippen LogP contribution is 2.35. The molecule has 0 saturated carbocycles. The standard InChI is InChI=1S/C20H15N3S/c1-4-10-16(11-5-1)19-23(18-14-8-3-9-15-18)22-20(24-19)21-17-12-6-2-7-13-17/h1-15H. The van der Waals surface area contributed by atoms with Crippen LogP contribution in [0.25, 0.3) is 21.6 Å². The Morgan fingerprint density at radius 1 is 0.708 bits per heavy atom. The fourth-order valence-electron chi connectivity index (χ4n) is 2.45. The summed E-state index contributed by atoms with van der Waals surface area (Å²) in [4.78, 5) is 0. The van der Waals surface area contributed by atoms with Crippen LogP contribution in [0.1, 0.15) is 0 Å². The molecule has 0 atom stereocenters. The summed E-state index contributed by atoms with van der Waals surface area (Å²) in [5.74, 6) is 0. The van der Waals surface area contributed by atoms with Crippen molar-refractivity contribution < 1.29 is 4.68 Å². The highest BCUT2D eigenvalue weighted by Gasteiger charge is 2.17. The summed E-state index contributed by atoms with van der Waals surface area (Å²) in [5, 5.41) is 11.2. The second-order valence-electron chi connectivity index (χ2n) is 5.25. The molecule has 0 saturated heterocycles. The molecule has 3 nitrogen and oxygen atoms in total. The predicted octanol–water partition coefficient (Wildman–Crippen LogP) is 5.42. The van der Waals surface area contributed by atoms with E-state index >= 15 is 0 Å². The van der Waals surface area contributed by atoms with Gasteiger partial charge in [-0.2, -0.15) is 5.10 Å². The van der Waals surface area contributed by atoms with Crippen LogP contribution < -0.4 is 4.68 Å². The Morgan fingerprint density at radius 2 is 1.29 bits per heavy atom. The van der Waals surface area contributed by atoms with Crippen molar-refractivity contribution in [3.63, 3.8) is 0 Å². The predicted molar refractivity (Wildman–Crippen MR) is 98.2 cm³/mol. The fraction of sp³-hybridized carbons (Fsp3) is 0. The normalized spacial score (nSPS) is 10.5. The van der Waals surface area contributed by atoms with Gasteiger partial charge in [0.15, 0.2) is 0 Å². The maximum Gasteiger partial charge on any atom is 0.282 e. The molecule has 24 heavy (non-hydrogen) atoms. The fourth-order valence-corrected chi connectivity index (χ4v) is 3.38. The third-order valence-electron chi connectivity index (χ3n) is 3.57. The molecule has 0 unspecified atom stereocenters. The van der Waals surface area contributed by atoms with Crippen LogP contribution in [0.2, 0.25) is 0 Å². The minimum Gasteiger partial charge on any atom is -0.423 e. The largest absolute Gasteiger partial charge is 0.423 e. The molecule has 0 fully saturated rings. The van der Waals surface area contributed by atoms with E-state index in [9.17, 15) is 0 Å². The zero-order valence-corrected chi connectivity index (χ0v) is 13.7. The zero-order valence-electron chi connectivity index (χ0n) is 12.9. The lowest BCUT2D eigenvalue weighted by Crippen LogP contribution is -2.34. The molecule has 116 valence electrons. The molecule has 0 N–H and O–H groups in total.